The SMILES string of the molecule is NC(=O)c1ccccc1CSc1ncccc1C(=O)O. The normalized spacial score (nSPS) is 10.2. The van der Waals surface area contributed by atoms with Gasteiger partial charge in [-0.3, -0.25) is 4.79 Å². The number of carboxylic acids is 1. The van der Waals surface area contributed by atoms with Crippen LogP contribution in [0.5, 0.6) is 0 Å². The Labute approximate surface area is 119 Å². The summed E-state index contributed by atoms with van der Waals surface area (Å²) in [5.74, 6) is -1.10. The molecule has 6 heteroatoms. The Morgan fingerprint density at radius 2 is 1.85 bits per heavy atom. The maximum absolute atomic E-state index is 11.3. The van der Waals surface area contributed by atoms with E-state index in [9.17, 15) is 9.59 Å². The maximum Gasteiger partial charge on any atom is 0.338 e. The van der Waals surface area contributed by atoms with Gasteiger partial charge in [0, 0.05) is 17.5 Å². The molecule has 1 heterocycles. The van der Waals surface area contributed by atoms with Crippen LogP contribution in [0.25, 0.3) is 0 Å². The lowest BCUT2D eigenvalue weighted by molar-refractivity contribution is 0.0692. The summed E-state index contributed by atoms with van der Waals surface area (Å²) in [6.07, 6.45) is 1.54. The van der Waals surface area contributed by atoms with Crippen LogP contribution >= 0.6 is 11.8 Å². The first-order valence-corrected chi connectivity index (χ1v) is 6.77. The highest BCUT2D eigenvalue weighted by Gasteiger charge is 2.13. The molecule has 1 aromatic heterocycles. The Kier molecular flexibility index (Phi) is 4.37. The minimum Gasteiger partial charge on any atom is -0.478 e. The van der Waals surface area contributed by atoms with E-state index in [0.29, 0.717) is 16.3 Å². The molecule has 0 fully saturated rings. The number of nitrogens with two attached hydrogens (primary N) is 1. The molecule has 2 rings (SSSR count). The molecule has 0 spiro atoms. The van der Waals surface area contributed by atoms with Crippen molar-refractivity contribution in [1.82, 2.24) is 4.98 Å². The molecule has 5 nitrogen and oxygen atoms in total. The van der Waals surface area contributed by atoms with Crippen LogP contribution in [0.3, 0.4) is 0 Å². The first-order valence-electron chi connectivity index (χ1n) is 5.78. The van der Waals surface area contributed by atoms with Crippen LogP contribution in [0.1, 0.15) is 26.3 Å². The number of aromatic nitrogens is 1. The second kappa shape index (κ2) is 6.21. The number of hydrogen-bond acceptors (Lipinski definition) is 4. The third kappa shape index (κ3) is 3.16. The summed E-state index contributed by atoms with van der Waals surface area (Å²) in [4.78, 5) is 26.4. The van der Waals surface area contributed by atoms with Gasteiger partial charge in [-0.25, -0.2) is 9.78 Å². The Bertz CT molecular complexity index is 601. The molecule has 1 aromatic carbocycles. The van der Waals surface area contributed by atoms with Gasteiger partial charge in [-0.05, 0) is 23.8 Å². The molecule has 102 valence electrons. The molecule has 20 heavy (non-hydrogen) atoms. The van der Waals surface area contributed by atoms with Crippen LogP contribution in [-0.4, -0.2) is 22.0 Å². The molecule has 0 radical (unpaired) electrons. The summed E-state index contributed by atoms with van der Waals surface area (Å²) in [5.41, 5.74) is 6.65. The van der Waals surface area contributed by atoms with Crippen LogP contribution < -0.4 is 5.73 Å². The lowest BCUT2D eigenvalue weighted by atomic mass is 10.1. The number of carboxylic acid groups (broad SMARTS) is 1. The molecule has 0 saturated heterocycles. The molecule has 0 aliphatic heterocycles. The van der Waals surface area contributed by atoms with Crippen molar-refractivity contribution in [1.29, 1.82) is 0 Å². The highest BCUT2D eigenvalue weighted by molar-refractivity contribution is 7.98. The quantitative estimate of drug-likeness (QED) is 0.822. The van der Waals surface area contributed by atoms with Crippen molar-refractivity contribution in [3.8, 4) is 0 Å². The Balaban J connectivity index is 2.22. The maximum atomic E-state index is 11.3. The topological polar surface area (TPSA) is 93.3 Å². The van der Waals surface area contributed by atoms with E-state index in [1.54, 1.807) is 30.3 Å². The molecule has 1 amide bonds. The summed E-state index contributed by atoms with van der Waals surface area (Å²) in [7, 11) is 0. The predicted molar refractivity (Wildman–Crippen MR) is 75.7 cm³/mol. The molecule has 0 unspecified atom stereocenters. The van der Waals surface area contributed by atoms with Gasteiger partial charge in [0.2, 0.25) is 5.91 Å². The van der Waals surface area contributed by atoms with Crippen LogP contribution in [0.15, 0.2) is 47.6 Å². The van der Waals surface area contributed by atoms with Crippen LogP contribution in [0.2, 0.25) is 0 Å². The van der Waals surface area contributed by atoms with Gasteiger partial charge in [0.1, 0.15) is 5.03 Å². The van der Waals surface area contributed by atoms with E-state index in [-0.39, 0.29) is 5.56 Å². The zero-order valence-electron chi connectivity index (χ0n) is 10.4. The van der Waals surface area contributed by atoms with E-state index in [4.69, 9.17) is 10.8 Å². The molecule has 2 aromatic rings. The van der Waals surface area contributed by atoms with E-state index >= 15 is 0 Å². The number of rotatable bonds is 5. The molecular formula is C14H12N2O3S. The van der Waals surface area contributed by atoms with Gasteiger partial charge >= 0.3 is 5.97 Å². The molecule has 0 saturated carbocycles. The van der Waals surface area contributed by atoms with E-state index in [1.165, 1.54) is 24.0 Å². The highest BCUT2D eigenvalue weighted by atomic mass is 32.2. The molecule has 0 atom stereocenters. The number of nitrogens with zero attached hydrogens (tertiary/aromatic N) is 1. The van der Waals surface area contributed by atoms with E-state index in [0.717, 1.165) is 5.56 Å². The standard InChI is InChI=1S/C14H12N2O3S/c15-12(17)10-5-2-1-4-9(10)8-20-13-11(14(18)19)6-3-7-16-13/h1-7H,8H2,(H2,15,17)(H,18,19). The zero-order valence-corrected chi connectivity index (χ0v) is 11.3. The molecule has 0 aliphatic carbocycles. The predicted octanol–water partition coefficient (Wildman–Crippen LogP) is 2.17. The van der Waals surface area contributed by atoms with Gasteiger partial charge in [-0.15, -0.1) is 11.8 Å². The average molecular weight is 288 g/mol. The largest absolute Gasteiger partial charge is 0.478 e. The summed E-state index contributed by atoms with van der Waals surface area (Å²) in [6.45, 7) is 0. The van der Waals surface area contributed by atoms with Crippen molar-refractivity contribution < 1.29 is 14.7 Å². The number of benzene rings is 1. The average Bonchev–Trinajstić information content (AvgIpc) is 2.45. The van der Waals surface area contributed by atoms with Crippen molar-refractivity contribution in [2.45, 2.75) is 10.8 Å². The van der Waals surface area contributed by atoms with E-state index in [2.05, 4.69) is 4.98 Å². The number of hydrogen-bond donors (Lipinski definition) is 2. The third-order valence-electron chi connectivity index (χ3n) is 2.65. The molecular weight excluding hydrogens is 276 g/mol. The van der Waals surface area contributed by atoms with Gasteiger partial charge in [0.15, 0.2) is 0 Å². The minimum absolute atomic E-state index is 0.147. The lowest BCUT2D eigenvalue weighted by Gasteiger charge is -2.07. The van der Waals surface area contributed by atoms with Crippen molar-refractivity contribution in [2.75, 3.05) is 0 Å². The van der Waals surface area contributed by atoms with Gasteiger partial charge in [-0.2, -0.15) is 0 Å². The molecule has 0 bridgehead atoms. The fourth-order valence-electron chi connectivity index (χ4n) is 1.70. The Morgan fingerprint density at radius 1 is 1.15 bits per heavy atom. The highest BCUT2D eigenvalue weighted by Crippen LogP contribution is 2.25. The number of primary amides is 1. The molecule has 3 N–H and O–H groups in total. The van der Waals surface area contributed by atoms with Crippen LogP contribution in [-0.2, 0) is 5.75 Å². The summed E-state index contributed by atoms with van der Waals surface area (Å²) in [5, 5.41) is 9.49. The first kappa shape index (κ1) is 14.1. The van der Waals surface area contributed by atoms with Gasteiger partial charge in [0.25, 0.3) is 0 Å². The monoisotopic (exact) mass is 288 g/mol. The minimum atomic E-state index is -1.02. The smallest absolute Gasteiger partial charge is 0.338 e. The fourth-order valence-corrected chi connectivity index (χ4v) is 2.69. The second-order valence-corrected chi connectivity index (χ2v) is 4.94. The third-order valence-corrected chi connectivity index (χ3v) is 3.70. The van der Waals surface area contributed by atoms with Crippen molar-refractivity contribution in [3.05, 3.63) is 59.3 Å². The van der Waals surface area contributed by atoms with E-state index < -0.39 is 11.9 Å². The second-order valence-electron chi connectivity index (χ2n) is 3.97. The summed E-state index contributed by atoms with van der Waals surface area (Å²) >= 11 is 1.26. The fraction of sp³-hybridized carbons (Fsp3) is 0.0714. The number of pyridine rings is 1. The first-order chi connectivity index (χ1) is 9.59. The summed E-state index contributed by atoms with van der Waals surface area (Å²) in [6, 6.07) is 10.0. The zero-order chi connectivity index (χ0) is 14.5. The van der Waals surface area contributed by atoms with Gasteiger partial charge < -0.3 is 10.8 Å². The van der Waals surface area contributed by atoms with Crippen molar-refractivity contribution >= 4 is 23.6 Å². The van der Waals surface area contributed by atoms with Crippen LogP contribution in [0, 0.1) is 0 Å². The van der Waals surface area contributed by atoms with E-state index in [1.807, 2.05) is 0 Å². The molecule has 0 aliphatic rings. The Hall–Kier alpha value is -2.34. The lowest BCUT2D eigenvalue weighted by Crippen LogP contribution is -2.13. The van der Waals surface area contributed by atoms with Crippen molar-refractivity contribution in [3.63, 3.8) is 0 Å². The van der Waals surface area contributed by atoms with Gasteiger partial charge in [0.05, 0.1) is 5.56 Å². The van der Waals surface area contributed by atoms with Crippen molar-refractivity contribution in [2.24, 2.45) is 5.73 Å². The van der Waals surface area contributed by atoms with Gasteiger partial charge in [-0.1, -0.05) is 18.2 Å². The summed E-state index contributed by atoms with van der Waals surface area (Å²) < 4.78 is 0. The Morgan fingerprint density at radius 3 is 2.55 bits per heavy atom. The number of carbonyl (C=O) groups excluding carboxylic acids is 1. The number of thioether (sulfide) groups is 1. The van der Waals surface area contributed by atoms with Crippen LogP contribution in [0.4, 0.5) is 0 Å². The number of aromatic carboxylic acids is 1. The number of amides is 1. The number of carbonyl (C=O) groups is 2.